The van der Waals surface area contributed by atoms with E-state index in [1.807, 2.05) is 22.5 Å². The van der Waals surface area contributed by atoms with E-state index < -0.39 is 0 Å². The highest BCUT2D eigenvalue weighted by Gasteiger charge is 2.10. The van der Waals surface area contributed by atoms with Crippen LogP contribution in [0.1, 0.15) is 32.4 Å². The fraction of sp³-hybridized carbons (Fsp3) is 0.571. The van der Waals surface area contributed by atoms with Crippen molar-refractivity contribution in [1.82, 2.24) is 14.6 Å². The molecule has 0 bridgehead atoms. The average molecular weight is 278 g/mol. The Bertz CT molecular complexity index is 535. The van der Waals surface area contributed by atoms with Crippen LogP contribution in [-0.2, 0) is 0 Å². The first-order valence-corrected chi connectivity index (χ1v) is 8.08. The lowest BCUT2D eigenvalue weighted by atomic mass is 10.1. The van der Waals surface area contributed by atoms with Crippen molar-refractivity contribution in [2.24, 2.45) is 5.92 Å². The van der Waals surface area contributed by atoms with Crippen LogP contribution in [0.4, 0.5) is 5.82 Å². The Hall–Kier alpha value is -1.23. The molecule has 0 aliphatic carbocycles. The molecule has 0 fully saturated rings. The van der Waals surface area contributed by atoms with Crippen LogP contribution in [0.5, 0.6) is 0 Å². The molecule has 2 aromatic heterocycles. The number of anilines is 1. The molecule has 1 N–H and O–H groups in total. The van der Waals surface area contributed by atoms with Gasteiger partial charge in [-0.2, -0.15) is 16.9 Å². The van der Waals surface area contributed by atoms with Gasteiger partial charge in [0.2, 0.25) is 0 Å². The summed E-state index contributed by atoms with van der Waals surface area (Å²) in [6.07, 6.45) is 5.84. The molecule has 0 saturated heterocycles. The SMILES string of the molecule is CSCC(C)CNc1nccn2nc(C(C)C)cc12. The number of nitrogens with one attached hydrogen (secondary N) is 1. The van der Waals surface area contributed by atoms with Crippen LogP contribution in [0, 0.1) is 5.92 Å². The van der Waals surface area contributed by atoms with Crippen LogP contribution in [0.25, 0.3) is 5.52 Å². The van der Waals surface area contributed by atoms with Gasteiger partial charge in [0.1, 0.15) is 5.52 Å². The topological polar surface area (TPSA) is 42.2 Å². The summed E-state index contributed by atoms with van der Waals surface area (Å²) in [5.74, 6) is 3.15. The maximum atomic E-state index is 4.57. The second-order valence-electron chi connectivity index (χ2n) is 5.27. The number of aromatic nitrogens is 3. The monoisotopic (exact) mass is 278 g/mol. The van der Waals surface area contributed by atoms with Crippen molar-refractivity contribution in [2.75, 3.05) is 23.9 Å². The molecule has 4 nitrogen and oxygen atoms in total. The van der Waals surface area contributed by atoms with Gasteiger partial charge in [0.25, 0.3) is 0 Å². The molecule has 2 aromatic rings. The number of rotatable bonds is 6. The van der Waals surface area contributed by atoms with Crippen LogP contribution in [0.3, 0.4) is 0 Å². The summed E-state index contributed by atoms with van der Waals surface area (Å²) in [5.41, 5.74) is 2.16. The molecule has 104 valence electrons. The lowest BCUT2D eigenvalue weighted by molar-refractivity contribution is 0.699. The molecule has 0 amide bonds. The van der Waals surface area contributed by atoms with Gasteiger partial charge in [0.05, 0.1) is 5.69 Å². The third-order valence-corrected chi connectivity index (χ3v) is 3.97. The van der Waals surface area contributed by atoms with Crippen molar-refractivity contribution < 1.29 is 0 Å². The molecular weight excluding hydrogens is 256 g/mol. The molecule has 0 aliphatic heterocycles. The first-order chi connectivity index (χ1) is 9.11. The maximum Gasteiger partial charge on any atom is 0.152 e. The van der Waals surface area contributed by atoms with E-state index in [0.717, 1.165) is 29.3 Å². The molecule has 0 radical (unpaired) electrons. The summed E-state index contributed by atoms with van der Waals surface area (Å²) in [6, 6.07) is 2.12. The average Bonchev–Trinajstić information content (AvgIpc) is 2.81. The van der Waals surface area contributed by atoms with E-state index in [4.69, 9.17) is 0 Å². The van der Waals surface area contributed by atoms with Crippen LogP contribution in [-0.4, -0.2) is 33.2 Å². The van der Waals surface area contributed by atoms with Crippen molar-refractivity contribution in [3.63, 3.8) is 0 Å². The van der Waals surface area contributed by atoms with Gasteiger partial charge >= 0.3 is 0 Å². The predicted octanol–water partition coefficient (Wildman–Crippen LogP) is 3.26. The second kappa shape index (κ2) is 6.28. The molecule has 0 aliphatic rings. The van der Waals surface area contributed by atoms with E-state index >= 15 is 0 Å². The molecule has 2 rings (SSSR count). The Balaban J connectivity index is 2.18. The zero-order valence-electron chi connectivity index (χ0n) is 12.1. The van der Waals surface area contributed by atoms with Crippen molar-refractivity contribution in [2.45, 2.75) is 26.7 Å². The Labute approximate surface area is 119 Å². The first kappa shape index (κ1) is 14.2. The lowest BCUT2D eigenvalue weighted by Gasteiger charge is -2.12. The summed E-state index contributed by atoms with van der Waals surface area (Å²) in [7, 11) is 0. The highest BCUT2D eigenvalue weighted by molar-refractivity contribution is 7.98. The molecule has 0 aromatic carbocycles. The van der Waals surface area contributed by atoms with E-state index in [9.17, 15) is 0 Å². The van der Waals surface area contributed by atoms with Crippen molar-refractivity contribution in [1.29, 1.82) is 0 Å². The molecule has 0 saturated carbocycles. The van der Waals surface area contributed by atoms with E-state index in [-0.39, 0.29) is 0 Å². The van der Waals surface area contributed by atoms with E-state index in [1.165, 1.54) is 0 Å². The van der Waals surface area contributed by atoms with Crippen LogP contribution >= 0.6 is 11.8 Å². The maximum absolute atomic E-state index is 4.57. The fourth-order valence-corrected chi connectivity index (χ4v) is 2.66. The zero-order chi connectivity index (χ0) is 13.8. The number of nitrogens with zero attached hydrogens (tertiary/aromatic N) is 3. The van der Waals surface area contributed by atoms with Gasteiger partial charge in [-0.25, -0.2) is 9.50 Å². The van der Waals surface area contributed by atoms with Gasteiger partial charge < -0.3 is 5.32 Å². The van der Waals surface area contributed by atoms with E-state index in [0.29, 0.717) is 11.8 Å². The summed E-state index contributed by atoms with van der Waals surface area (Å²) in [4.78, 5) is 4.43. The highest BCUT2D eigenvalue weighted by atomic mass is 32.2. The molecule has 1 atom stereocenters. The largest absolute Gasteiger partial charge is 0.368 e. The normalized spacial score (nSPS) is 13.1. The predicted molar refractivity (Wildman–Crippen MR) is 83.1 cm³/mol. The Morgan fingerprint density at radius 3 is 2.84 bits per heavy atom. The Morgan fingerprint density at radius 1 is 1.37 bits per heavy atom. The van der Waals surface area contributed by atoms with Gasteiger partial charge in [0.15, 0.2) is 5.82 Å². The van der Waals surface area contributed by atoms with Crippen LogP contribution in [0.15, 0.2) is 18.5 Å². The number of hydrogen-bond acceptors (Lipinski definition) is 4. The van der Waals surface area contributed by atoms with Gasteiger partial charge in [-0.15, -0.1) is 0 Å². The smallest absolute Gasteiger partial charge is 0.152 e. The third-order valence-electron chi connectivity index (χ3n) is 3.07. The quantitative estimate of drug-likeness (QED) is 0.880. The van der Waals surface area contributed by atoms with E-state index in [2.05, 4.69) is 48.5 Å². The number of thioether (sulfide) groups is 1. The van der Waals surface area contributed by atoms with Gasteiger partial charge in [0, 0.05) is 18.9 Å². The van der Waals surface area contributed by atoms with Crippen LogP contribution < -0.4 is 5.32 Å². The van der Waals surface area contributed by atoms with Crippen molar-refractivity contribution in [3.8, 4) is 0 Å². The summed E-state index contributed by atoms with van der Waals surface area (Å²) in [6.45, 7) is 7.50. The molecule has 0 spiro atoms. The third kappa shape index (κ3) is 3.41. The minimum absolute atomic E-state index is 0.433. The highest BCUT2D eigenvalue weighted by Crippen LogP contribution is 2.20. The molecule has 19 heavy (non-hydrogen) atoms. The van der Waals surface area contributed by atoms with Crippen molar-refractivity contribution in [3.05, 3.63) is 24.2 Å². The first-order valence-electron chi connectivity index (χ1n) is 6.69. The molecule has 2 heterocycles. The summed E-state index contributed by atoms with van der Waals surface area (Å²) < 4.78 is 1.91. The standard InChI is InChI=1S/C14H22N4S/c1-10(2)12-7-13-14(15-5-6-18(13)17-12)16-8-11(3)9-19-4/h5-7,10-11H,8-9H2,1-4H3,(H,15,16). The Morgan fingerprint density at radius 2 is 2.16 bits per heavy atom. The molecule has 5 heteroatoms. The lowest BCUT2D eigenvalue weighted by Crippen LogP contribution is -2.14. The van der Waals surface area contributed by atoms with E-state index in [1.54, 1.807) is 6.20 Å². The summed E-state index contributed by atoms with van der Waals surface area (Å²) >= 11 is 1.88. The minimum atomic E-state index is 0.433. The van der Waals surface area contributed by atoms with Crippen molar-refractivity contribution >= 4 is 23.1 Å². The molecular formula is C14H22N4S. The number of fused-ring (bicyclic) bond motifs is 1. The zero-order valence-corrected chi connectivity index (χ0v) is 12.9. The van der Waals surface area contributed by atoms with Gasteiger partial charge in [-0.05, 0) is 29.9 Å². The van der Waals surface area contributed by atoms with Gasteiger partial charge in [-0.1, -0.05) is 20.8 Å². The fourth-order valence-electron chi connectivity index (χ4n) is 1.97. The Kier molecular flexibility index (Phi) is 4.69. The number of hydrogen-bond donors (Lipinski definition) is 1. The summed E-state index contributed by atoms with van der Waals surface area (Å²) in [5, 5.41) is 8.01. The second-order valence-corrected chi connectivity index (χ2v) is 6.18. The van der Waals surface area contributed by atoms with Crippen LogP contribution in [0.2, 0.25) is 0 Å². The minimum Gasteiger partial charge on any atom is -0.368 e. The van der Waals surface area contributed by atoms with Gasteiger partial charge in [-0.3, -0.25) is 0 Å². The molecule has 1 unspecified atom stereocenters.